The number of fused-ring (bicyclic) bond motifs is 2. The van der Waals surface area contributed by atoms with Crippen molar-refractivity contribution in [2.45, 2.75) is 45.8 Å². The summed E-state index contributed by atoms with van der Waals surface area (Å²) >= 11 is 0. The van der Waals surface area contributed by atoms with E-state index >= 15 is 0 Å². The number of ether oxygens (including phenoxy) is 1. The second-order valence-electron chi connectivity index (χ2n) is 9.67. The highest BCUT2D eigenvalue weighted by Crippen LogP contribution is 2.33. The average molecular weight is 454 g/mol. The summed E-state index contributed by atoms with van der Waals surface area (Å²) in [5, 5.41) is 8.69. The molecular formula is C22H27N7O4. The van der Waals surface area contributed by atoms with Gasteiger partial charge in [0, 0.05) is 31.7 Å². The fourth-order valence-corrected chi connectivity index (χ4v) is 4.71. The lowest BCUT2D eigenvalue weighted by Gasteiger charge is -2.28. The van der Waals surface area contributed by atoms with Crippen LogP contribution >= 0.6 is 0 Å². The Morgan fingerprint density at radius 3 is 2.79 bits per heavy atom. The van der Waals surface area contributed by atoms with Crippen LogP contribution in [0.1, 0.15) is 43.2 Å². The first-order valence-corrected chi connectivity index (χ1v) is 11.0. The average Bonchev–Trinajstić information content (AvgIpc) is 3.48. The number of nitrogens with one attached hydrogen (secondary N) is 1. The van der Waals surface area contributed by atoms with Crippen LogP contribution in [0.15, 0.2) is 29.3 Å². The van der Waals surface area contributed by atoms with Crippen molar-refractivity contribution in [2.24, 2.45) is 5.92 Å². The van der Waals surface area contributed by atoms with Crippen LogP contribution in [0.25, 0.3) is 11.5 Å². The van der Waals surface area contributed by atoms with E-state index in [1.54, 1.807) is 35.1 Å². The zero-order chi connectivity index (χ0) is 23.5. The maximum absolute atomic E-state index is 13.3. The summed E-state index contributed by atoms with van der Waals surface area (Å²) in [5.74, 6) is 0.308. The monoisotopic (exact) mass is 453 g/mol. The van der Waals surface area contributed by atoms with Gasteiger partial charge in [0.05, 0.1) is 23.5 Å². The van der Waals surface area contributed by atoms with Crippen molar-refractivity contribution >= 4 is 17.5 Å². The van der Waals surface area contributed by atoms with Crippen LogP contribution < -0.4 is 5.56 Å². The third kappa shape index (κ3) is 3.66. The van der Waals surface area contributed by atoms with Gasteiger partial charge in [0.15, 0.2) is 0 Å². The Hall–Kier alpha value is -3.63. The highest BCUT2D eigenvalue weighted by atomic mass is 16.6. The molecule has 2 aliphatic rings. The van der Waals surface area contributed by atoms with E-state index in [2.05, 4.69) is 15.2 Å². The second-order valence-corrected chi connectivity index (χ2v) is 9.67. The summed E-state index contributed by atoms with van der Waals surface area (Å²) in [6, 6.07) is 3.36. The predicted molar refractivity (Wildman–Crippen MR) is 118 cm³/mol. The molecule has 0 saturated carbocycles. The van der Waals surface area contributed by atoms with Gasteiger partial charge in [-0.3, -0.25) is 14.6 Å². The number of amides is 2. The molecule has 5 heterocycles. The third-order valence-corrected chi connectivity index (χ3v) is 6.29. The molecule has 0 aromatic carbocycles. The van der Waals surface area contributed by atoms with Crippen LogP contribution in [0.2, 0.25) is 0 Å². The summed E-state index contributed by atoms with van der Waals surface area (Å²) in [7, 11) is 0. The van der Waals surface area contributed by atoms with E-state index in [0.29, 0.717) is 36.4 Å². The highest BCUT2D eigenvalue weighted by Gasteiger charge is 2.46. The van der Waals surface area contributed by atoms with Crippen molar-refractivity contribution in [1.82, 2.24) is 34.2 Å². The van der Waals surface area contributed by atoms with Crippen LogP contribution in [0.3, 0.4) is 0 Å². The normalized spacial score (nSPS) is 20.5. The molecule has 174 valence electrons. The Morgan fingerprint density at radius 2 is 2.03 bits per heavy atom. The Bertz CT molecular complexity index is 1300. The van der Waals surface area contributed by atoms with E-state index in [9.17, 15) is 14.4 Å². The molecule has 0 radical (unpaired) electrons. The Labute approximate surface area is 189 Å². The number of H-pyrrole nitrogens is 1. The first-order chi connectivity index (χ1) is 15.6. The zero-order valence-corrected chi connectivity index (χ0v) is 19.1. The van der Waals surface area contributed by atoms with Gasteiger partial charge in [0.1, 0.15) is 11.1 Å². The lowest BCUT2D eigenvalue weighted by Crippen LogP contribution is -2.43. The van der Waals surface area contributed by atoms with Gasteiger partial charge < -0.3 is 14.5 Å². The Kier molecular flexibility index (Phi) is 4.80. The smallest absolute Gasteiger partial charge is 0.410 e. The number of aromatic amines is 1. The molecule has 2 atom stereocenters. The van der Waals surface area contributed by atoms with E-state index in [0.717, 1.165) is 6.42 Å². The van der Waals surface area contributed by atoms with Crippen LogP contribution in [0, 0.1) is 12.8 Å². The van der Waals surface area contributed by atoms with E-state index < -0.39 is 5.60 Å². The number of nitrogens with zero attached hydrogens (tertiary/aromatic N) is 6. The number of rotatable bonds is 2. The van der Waals surface area contributed by atoms with Gasteiger partial charge in [-0.1, -0.05) is 0 Å². The Morgan fingerprint density at radius 1 is 1.24 bits per heavy atom. The first-order valence-electron chi connectivity index (χ1n) is 11.0. The first kappa shape index (κ1) is 21.2. The van der Waals surface area contributed by atoms with Gasteiger partial charge in [0.2, 0.25) is 5.95 Å². The SMILES string of the molecule is Cc1c(C(=O)N2CC3CCN(C(=O)OC(C)(C)C)C3C2)cnn1-c1nn2cccc2c(=O)[nH]1. The van der Waals surface area contributed by atoms with Crippen LogP contribution in [0.4, 0.5) is 4.79 Å². The molecule has 2 fully saturated rings. The van der Waals surface area contributed by atoms with Gasteiger partial charge in [-0.15, -0.1) is 5.10 Å². The lowest BCUT2D eigenvalue weighted by molar-refractivity contribution is 0.0215. The van der Waals surface area contributed by atoms with Crippen LogP contribution in [0.5, 0.6) is 0 Å². The minimum Gasteiger partial charge on any atom is -0.444 e. The molecule has 33 heavy (non-hydrogen) atoms. The van der Waals surface area contributed by atoms with Crippen molar-refractivity contribution in [2.75, 3.05) is 19.6 Å². The molecule has 5 rings (SSSR count). The van der Waals surface area contributed by atoms with Crippen molar-refractivity contribution < 1.29 is 14.3 Å². The van der Waals surface area contributed by atoms with Gasteiger partial charge in [0.25, 0.3) is 11.5 Å². The topological polar surface area (TPSA) is 118 Å². The van der Waals surface area contributed by atoms with E-state index in [4.69, 9.17) is 4.74 Å². The number of likely N-dealkylation sites (tertiary alicyclic amines) is 2. The zero-order valence-electron chi connectivity index (χ0n) is 19.1. The predicted octanol–water partition coefficient (Wildman–Crippen LogP) is 1.60. The fourth-order valence-electron chi connectivity index (χ4n) is 4.71. The lowest BCUT2D eigenvalue weighted by atomic mass is 10.1. The molecule has 11 heteroatoms. The van der Waals surface area contributed by atoms with Gasteiger partial charge in [-0.2, -0.15) is 5.10 Å². The maximum atomic E-state index is 13.3. The minimum atomic E-state index is -0.562. The fraction of sp³-hybridized carbons (Fsp3) is 0.500. The second kappa shape index (κ2) is 7.46. The molecular weight excluding hydrogens is 426 g/mol. The standard InChI is InChI=1S/C22H27N7O4/c1-13-15(10-23-29(13)20-24-18(30)16-6-5-8-28(16)25-20)19(31)26-11-14-7-9-27(17(14)12-26)21(32)33-22(2,3)4/h5-6,8,10,14,17H,7,9,11-12H2,1-4H3,(H,24,25,30). The molecule has 3 aromatic heterocycles. The quantitative estimate of drug-likeness (QED) is 0.630. The molecule has 2 amide bonds. The summed E-state index contributed by atoms with van der Waals surface area (Å²) in [6.45, 7) is 8.99. The number of carbonyl (C=O) groups is 2. The molecule has 0 spiro atoms. The number of aromatic nitrogens is 5. The molecule has 2 saturated heterocycles. The largest absolute Gasteiger partial charge is 0.444 e. The van der Waals surface area contributed by atoms with Gasteiger partial charge in [-0.05, 0) is 46.2 Å². The molecule has 0 bridgehead atoms. The summed E-state index contributed by atoms with van der Waals surface area (Å²) < 4.78 is 8.48. The van der Waals surface area contributed by atoms with E-state index in [1.807, 2.05) is 20.8 Å². The maximum Gasteiger partial charge on any atom is 0.410 e. The van der Waals surface area contributed by atoms with Crippen molar-refractivity contribution in [3.8, 4) is 5.95 Å². The third-order valence-electron chi connectivity index (χ3n) is 6.29. The Balaban J connectivity index is 1.35. The molecule has 2 aliphatic heterocycles. The van der Waals surface area contributed by atoms with E-state index in [1.165, 1.54) is 15.4 Å². The molecule has 3 aromatic rings. The molecule has 2 unspecified atom stereocenters. The van der Waals surface area contributed by atoms with Crippen molar-refractivity contribution in [3.05, 3.63) is 46.1 Å². The highest BCUT2D eigenvalue weighted by molar-refractivity contribution is 5.95. The number of hydrogen-bond donors (Lipinski definition) is 1. The summed E-state index contributed by atoms with van der Waals surface area (Å²) in [6.07, 6.45) is 3.69. The molecule has 11 nitrogen and oxygen atoms in total. The summed E-state index contributed by atoms with van der Waals surface area (Å²) in [5.41, 5.74) is 0.596. The number of carbonyl (C=O) groups excluding carboxylic acids is 2. The molecule has 0 aliphatic carbocycles. The minimum absolute atomic E-state index is 0.0479. The molecule has 1 N–H and O–H groups in total. The van der Waals surface area contributed by atoms with Crippen molar-refractivity contribution in [3.63, 3.8) is 0 Å². The van der Waals surface area contributed by atoms with Crippen LogP contribution in [-0.2, 0) is 4.74 Å². The van der Waals surface area contributed by atoms with Crippen molar-refractivity contribution in [1.29, 1.82) is 0 Å². The van der Waals surface area contributed by atoms with Gasteiger partial charge in [-0.25, -0.2) is 14.0 Å². The van der Waals surface area contributed by atoms with Crippen LogP contribution in [-0.4, -0.2) is 77.5 Å². The van der Waals surface area contributed by atoms with Gasteiger partial charge >= 0.3 is 6.09 Å². The summed E-state index contributed by atoms with van der Waals surface area (Å²) in [4.78, 5) is 44.5. The number of hydrogen-bond acceptors (Lipinski definition) is 6. The van der Waals surface area contributed by atoms with E-state index in [-0.39, 0.29) is 35.5 Å².